The van der Waals surface area contributed by atoms with Gasteiger partial charge in [-0.1, -0.05) is 15.9 Å². The standard InChI is InChI=1S/C8H5Br5O/c1-14-8-6(12)4(10)3(2-9)5(11)7(8)13/h2H2,1H3. The van der Waals surface area contributed by atoms with Gasteiger partial charge in [0.05, 0.1) is 16.1 Å². The van der Waals surface area contributed by atoms with Gasteiger partial charge >= 0.3 is 0 Å². The Labute approximate surface area is 125 Å². The molecule has 14 heavy (non-hydrogen) atoms. The maximum absolute atomic E-state index is 5.27. The Morgan fingerprint density at radius 2 is 1.36 bits per heavy atom. The highest BCUT2D eigenvalue weighted by Gasteiger charge is 2.18. The molecule has 0 aromatic heterocycles. The lowest BCUT2D eigenvalue weighted by atomic mass is 10.2. The monoisotopic (exact) mass is 512 g/mol. The Bertz CT molecular complexity index is 299. The zero-order chi connectivity index (χ0) is 10.9. The third-order valence-electron chi connectivity index (χ3n) is 1.65. The molecule has 0 radical (unpaired) electrons. The highest BCUT2D eigenvalue weighted by atomic mass is 79.9. The van der Waals surface area contributed by atoms with Gasteiger partial charge in [-0.3, -0.25) is 0 Å². The van der Waals surface area contributed by atoms with Crippen LogP contribution in [0.2, 0.25) is 0 Å². The van der Waals surface area contributed by atoms with Crippen molar-refractivity contribution in [2.75, 3.05) is 7.11 Å². The van der Waals surface area contributed by atoms with Gasteiger partial charge in [0, 0.05) is 14.3 Å². The van der Waals surface area contributed by atoms with Gasteiger partial charge in [0.2, 0.25) is 0 Å². The molecule has 1 nitrogen and oxygen atoms in total. The second-order valence-corrected chi connectivity index (χ2v) is 6.13. The van der Waals surface area contributed by atoms with Gasteiger partial charge in [0.1, 0.15) is 5.75 Å². The van der Waals surface area contributed by atoms with E-state index in [0.29, 0.717) is 0 Å². The normalized spacial score (nSPS) is 10.4. The lowest BCUT2D eigenvalue weighted by molar-refractivity contribution is 0.408. The van der Waals surface area contributed by atoms with Crippen LogP contribution in [0.25, 0.3) is 0 Å². The van der Waals surface area contributed by atoms with Gasteiger partial charge < -0.3 is 4.74 Å². The van der Waals surface area contributed by atoms with Crippen molar-refractivity contribution in [3.05, 3.63) is 23.5 Å². The molecule has 0 bridgehead atoms. The quantitative estimate of drug-likeness (QED) is 0.365. The van der Waals surface area contributed by atoms with Crippen molar-refractivity contribution in [3.63, 3.8) is 0 Å². The third kappa shape index (κ3) is 2.39. The van der Waals surface area contributed by atoms with E-state index in [1.165, 1.54) is 0 Å². The van der Waals surface area contributed by atoms with Crippen LogP contribution in [-0.2, 0) is 5.33 Å². The molecule has 6 heteroatoms. The number of hydrogen-bond donors (Lipinski definition) is 0. The van der Waals surface area contributed by atoms with Crippen molar-refractivity contribution < 1.29 is 4.74 Å². The van der Waals surface area contributed by atoms with Gasteiger partial charge in [-0.25, -0.2) is 0 Å². The summed E-state index contributed by atoms with van der Waals surface area (Å²) in [6, 6.07) is 0. The average molecular weight is 517 g/mol. The van der Waals surface area contributed by atoms with E-state index in [-0.39, 0.29) is 0 Å². The minimum absolute atomic E-state index is 0.759. The summed E-state index contributed by atoms with van der Waals surface area (Å²) in [5.74, 6) is 0.772. The Morgan fingerprint density at radius 3 is 1.64 bits per heavy atom. The number of benzene rings is 1. The van der Waals surface area contributed by atoms with Crippen LogP contribution in [-0.4, -0.2) is 7.11 Å². The van der Waals surface area contributed by atoms with E-state index < -0.39 is 0 Å². The first-order chi connectivity index (χ1) is 6.54. The molecule has 0 spiro atoms. The predicted molar refractivity (Wildman–Crippen MR) is 76.4 cm³/mol. The van der Waals surface area contributed by atoms with Crippen molar-refractivity contribution in [2.24, 2.45) is 0 Å². The maximum Gasteiger partial charge on any atom is 0.149 e. The van der Waals surface area contributed by atoms with Crippen LogP contribution < -0.4 is 4.74 Å². The first-order valence-electron chi connectivity index (χ1n) is 3.49. The van der Waals surface area contributed by atoms with Crippen LogP contribution in [0.15, 0.2) is 17.9 Å². The van der Waals surface area contributed by atoms with Crippen molar-refractivity contribution in [1.82, 2.24) is 0 Å². The molecule has 0 amide bonds. The maximum atomic E-state index is 5.27. The molecular formula is C8H5Br5O. The average Bonchev–Trinajstić information content (AvgIpc) is 2.17. The van der Waals surface area contributed by atoms with Crippen LogP contribution >= 0.6 is 79.6 Å². The fraction of sp³-hybridized carbons (Fsp3) is 0.250. The molecule has 1 aromatic carbocycles. The van der Waals surface area contributed by atoms with Gasteiger partial charge in [-0.05, 0) is 69.3 Å². The van der Waals surface area contributed by atoms with Crippen LogP contribution in [0.3, 0.4) is 0 Å². The van der Waals surface area contributed by atoms with Crippen molar-refractivity contribution in [1.29, 1.82) is 0 Å². The second kappa shape index (κ2) is 5.66. The van der Waals surface area contributed by atoms with Crippen molar-refractivity contribution >= 4 is 79.6 Å². The van der Waals surface area contributed by atoms with Crippen LogP contribution in [0.1, 0.15) is 5.56 Å². The fourth-order valence-electron chi connectivity index (χ4n) is 0.954. The lowest BCUT2D eigenvalue weighted by Crippen LogP contribution is -1.93. The number of methoxy groups -OCH3 is 1. The van der Waals surface area contributed by atoms with Gasteiger partial charge in [0.15, 0.2) is 0 Å². The second-order valence-electron chi connectivity index (χ2n) is 2.40. The Balaban J connectivity index is 3.55. The largest absolute Gasteiger partial charge is 0.494 e. The Hall–Kier alpha value is 1.42. The number of rotatable bonds is 2. The highest BCUT2D eigenvalue weighted by molar-refractivity contribution is 9.14. The van der Waals surface area contributed by atoms with Crippen molar-refractivity contribution in [2.45, 2.75) is 5.33 Å². The number of halogens is 5. The molecule has 78 valence electrons. The third-order valence-corrected chi connectivity index (χ3v) is 6.54. The van der Waals surface area contributed by atoms with Gasteiger partial charge in [-0.15, -0.1) is 0 Å². The highest BCUT2D eigenvalue weighted by Crippen LogP contribution is 2.46. The summed E-state index contributed by atoms with van der Waals surface area (Å²) >= 11 is 17.4. The summed E-state index contributed by atoms with van der Waals surface area (Å²) in [6.45, 7) is 0. The summed E-state index contributed by atoms with van der Waals surface area (Å²) in [5.41, 5.74) is 1.13. The molecule has 0 fully saturated rings. The minimum atomic E-state index is 0.759. The van der Waals surface area contributed by atoms with Crippen LogP contribution in [0, 0.1) is 0 Å². The summed E-state index contributed by atoms with van der Waals surface area (Å²) < 4.78 is 9.06. The first-order valence-corrected chi connectivity index (χ1v) is 7.78. The molecule has 0 unspecified atom stereocenters. The Kier molecular flexibility index (Phi) is 5.45. The van der Waals surface area contributed by atoms with Gasteiger partial charge in [-0.2, -0.15) is 0 Å². The Morgan fingerprint density at radius 1 is 0.929 bits per heavy atom. The van der Waals surface area contributed by atoms with Crippen LogP contribution in [0.5, 0.6) is 5.75 Å². The topological polar surface area (TPSA) is 9.23 Å². The molecule has 0 aliphatic carbocycles. The van der Waals surface area contributed by atoms with Crippen LogP contribution in [0.4, 0.5) is 0 Å². The fourth-order valence-corrected chi connectivity index (χ4v) is 5.03. The van der Waals surface area contributed by atoms with E-state index in [0.717, 1.165) is 34.5 Å². The number of hydrogen-bond acceptors (Lipinski definition) is 1. The molecule has 0 N–H and O–H groups in total. The summed E-state index contributed by atoms with van der Waals surface area (Å²) in [5, 5.41) is 0.759. The number of alkyl halides is 1. The minimum Gasteiger partial charge on any atom is -0.494 e. The molecule has 0 atom stereocenters. The molecule has 0 heterocycles. The van der Waals surface area contributed by atoms with E-state index in [4.69, 9.17) is 4.74 Å². The first kappa shape index (κ1) is 13.5. The molecule has 0 saturated carbocycles. The molecule has 0 aliphatic heterocycles. The van der Waals surface area contributed by atoms with Gasteiger partial charge in [0.25, 0.3) is 0 Å². The molecular weight excluding hydrogens is 512 g/mol. The summed E-state index contributed by atoms with van der Waals surface area (Å²) in [4.78, 5) is 0. The number of ether oxygens (including phenoxy) is 1. The molecule has 0 saturated heterocycles. The zero-order valence-electron chi connectivity index (χ0n) is 7.01. The smallest absolute Gasteiger partial charge is 0.149 e. The molecule has 1 aromatic rings. The lowest BCUT2D eigenvalue weighted by Gasteiger charge is -2.13. The van der Waals surface area contributed by atoms with E-state index >= 15 is 0 Å². The van der Waals surface area contributed by atoms with E-state index in [9.17, 15) is 0 Å². The zero-order valence-corrected chi connectivity index (χ0v) is 14.9. The van der Waals surface area contributed by atoms with Crippen molar-refractivity contribution in [3.8, 4) is 5.75 Å². The van der Waals surface area contributed by atoms with E-state index in [1.807, 2.05) is 0 Å². The molecule has 0 aliphatic rings. The molecule has 1 rings (SSSR count). The SMILES string of the molecule is COc1c(Br)c(Br)c(CBr)c(Br)c1Br. The van der Waals surface area contributed by atoms with E-state index in [2.05, 4.69) is 79.6 Å². The summed E-state index contributed by atoms with van der Waals surface area (Å²) in [7, 11) is 1.64. The van der Waals surface area contributed by atoms with E-state index in [1.54, 1.807) is 7.11 Å². The predicted octanol–water partition coefficient (Wildman–Crippen LogP) is 5.64. The summed E-state index contributed by atoms with van der Waals surface area (Å²) in [6.07, 6.45) is 0.